The molecule has 25 heavy (non-hydrogen) atoms. The van der Waals surface area contributed by atoms with Gasteiger partial charge in [-0.15, -0.1) is 0 Å². The second kappa shape index (κ2) is 6.94. The Kier molecular flexibility index (Phi) is 4.71. The maximum Gasteiger partial charge on any atom is 0.287 e. The summed E-state index contributed by atoms with van der Waals surface area (Å²) < 4.78 is 5.72. The molecule has 3 rings (SSSR count). The second-order valence-electron chi connectivity index (χ2n) is 5.26. The molecule has 0 fully saturated rings. The Morgan fingerprint density at radius 2 is 2.12 bits per heavy atom. The number of halogens is 1. The molecule has 3 N–H and O–H groups in total. The molecule has 3 aromatic rings. The summed E-state index contributed by atoms with van der Waals surface area (Å²) in [5, 5.41) is 12.8. The van der Waals surface area contributed by atoms with Crippen LogP contribution in [-0.4, -0.2) is 28.1 Å². The molecule has 7 nitrogen and oxygen atoms in total. The number of aromatic hydroxyl groups is 1. The highest BCUT2D eigenvalue weighted by molar-refractivity contribution is 9.10. The Morgan fingerprint density at radius 1 is 1.32 bits per heavy atom. The highest BCUT2D eigenvalue weighted by atomic mass is 79.9. The number of H-pyrrole nitrogens is 1. The van der Waals surface area contributed by atoms with Crippen LogP contribution in [-0.2, 0) is 6.54 Å². The van der Waals surface area contributed by atoms with Crippen molar-refractivity contribution in [3.05, 3.63) is 62.6 Å². The zero-order chi connectivity index (χ0) is 18.0. The summed E-state index contributed by atoms with van der Waals surface area (Å²) in [6.45, 7) is 0.165. The molecule has 0 spiro atoms. The molecule has 0 aliphatic carbocycles. The van der Waals surface area contributed by atoms with Gasteiger partial charge in [0.25, 0.3) is 11.5 Å². The van der Waals surface area contributed by atoms with Gasteiger partial charge in [0.05, 0.1) is 18.0 Å². The van der Waals surface area contributed by atoms with E-state index < -0.39 is 11.5 Å². The van der Waals surface area contributed by atoms with Crippen LogP contribution in [0.4, 0.5) is 0 Å². The Hall–Kier alpha value is -2.87. The topological polar surface area (TPSA) is 104 Å². The van der Waals surface area contributed by atoms with Crippen LogP contribution >= 0.6 is 15.9 Å². The zero-order valence-corrected chi connectivity index (χ0v) is 14.8. The molecule has 0 saturated carbocycles. The first-order valence-corrected chi connectivity index (χ1v) is 8.11. The number of carbonyl (C=O) groups is 1. The standard InChI is InChI=1S/C17H14BrN3O4/c1-25-14-5-2-9(6-13(14)22)8-19-17(24)15-20-12-4-3-10(18)7-11(12)16(23)21-15/h2-7,22H,8H2,1H3,(H,19,24)(H,20,21,23). The van der Waals surface area contributed by atoms with Crippen LogP contribution in [0, 0.1) is 0 Å². The van der Waals surface area contributed by atoms with E-state index in [9.17, 15) is 14.7 Å². The van der Waals surface area contributed by atoms with E-state index in [1.165, 1.54) is 13.2 Å². The van der Waals surface area contributed by atoms with Crippen LogP contribution in [0.25, 0.3) is 10.9 Å². The van der Waals surface area contributed by atoms with Crippen molar-refractivity contribution in [1.82, 2.24) is 15.3 Å². The van der Waals surface area contributed by atoms with Gasteiger partial charge in [-0.3, -0.25) is 9.59 Å². The number of carbonyl (C=O) groups excluding carboxylic acids is 1. The summed E-state index contributed by atoms with van der Waals surface area (Å²) in [4.78, 5) is 31.0. The number of nitrogens with one attached hydrogen (secondary N) is 2. The van der Waals surface area contributed by atoms with Crippen molar-refractivity contribution in [2.24, 2.45) is 0 Å². The minimum atomic E-state index is -0.516. The molecule has 0 aliphatic rings. The molecular formula is C17H14BrN3O4. The van der Waals surface area contributed by atoms with Gasteiger partial charge in [-0.25, -0.2) is 4.98 Å². The van der Waals surface area contributed by atoms with E-state index in [1.807, 2.05) is 0 Å². The number of methoxy groups -OCH3 is 1. The SMILES string of the molecule is COc1ccc(CNC(=O)c2nc3ccc(Br)cc3c(=O)[nH]2)cc1O. The Morgan fingerprint density at radius 3 is 2.84 bits per heavy atom. The predicted molar refractivity (Wildman–Crippen MR) is 95.9 cm³/mol. The van der Waals surface area contributed by atoms with Crippen molar-refractivity contribution in [1.29, 1.82) is 0 Å². The predicted octanol–water partition coefficient (Wildman–Crippen LogP) is 2.33. The monoisotopic (exact) mass is 403 g/mol. The number of rotatable bonds is 4. The molecule has 0 bridgehead atoms. The number of hydrogen-bond donors (Lipinski definition) is 3. The molecule has 128 valence electrons. The summed E-state index contributed by atoms with van der Waals surface area (Å²) in [6.07, 6.45) is 0. The lowest BCUT2D eigenvalue weighted by molar-refractivity contribution is 0.0940. The van der Waals surface area contributed by atoms with Gasteiger partial charge >= 0.3 is 0 Å². The second-order valence-corrected chi connectivity index (χ2v) is 6.18. The number of phenols is 1. The van der Waals surface area contributed by atoms with Crippen LogP contribution in [0.15, 0.2) is 45.7 Å². The normalized spacial score (nSPS) is 10.6. The van der Waals surface area contributed by atoms with Gasteiger partial charge < -0.3 is 20.1 Å². The van der Waals surface area contributed by atoms with Crippen molar-refractivity contribution in [3.8, 4) is 11.5 Å². The van der Waals surface area contributed by atoms with Gasteiger partial charge in [0, 0.05) is 11.0 Å². The third-order valence-corrected chi connectivity index (χ3v) is 4.07. The summed E-state index contributed by atoms with van der Waals surface area (Å²) in [7, 11) is 1.46. The molecule has 1 heterocycles. The number of hydrogen-bond acceptors (Lipinski definition) is 5. The maximum atomic E-state index is 12.2. The highest BCUT2D eigenvalue weighted by Crippen LogP contribution is 2.26. The van der Waals surface area contributed by atoms with Crippen LogP contribution in [0.3, 0.4) is 0 Å². The van der Waals surface area contributed by atoms with Gasteiger partial charge in [0.2, 0.25) is 0 Å². The fraction of sp³-hybridized carbons (Fsp3) is 0.118. The molecular weight excluding hydrogens is 390 g/mol. The van der Waals surface area contributed by atoms with Crippen LogP contribution < -0.4 is 15.6 Å². The van der Waals surface area contributed by atoms with E-state index in [-0.39, 0.29) is 18.1 Å². The molecule has 0 unspecified atom stereocenters. The van der Waals surface area contributed by atoms with Crippen molar-refractivity contribution < 1.29 is 14.6 Å². The summed E-state index contributed by atoms with van der Waals surface area (Å²) in [5.41, 5.74) is 0.719. The largest absolute Gasteiger partial charge is 0.504 e. The fourth-order valence-electron chi connectivity index (χ4n) is 2.33. The summed E-state index contributed by atoms with van der Waals surface area (Å²) in [6, 6.07) is 9.86. The Labute approximate surface area is 150 Å². The van der Waals surface area contributed by atoms with Crippen molar-refractivity contribution in [2.75, 3.05) is 7.11 Å². The molecule has 0 atom stereocenters. The fourth-order valence-corrected chi connectivity index (χ4v) is 2.69. The number of phenolic OH excluding ortho intramolecular Hbond substituents is 1. The molecule has 1 amide bonds. The number of ether oxygens (including phenoxy) is 1. The number of nitrogens with zero attached hydrogens (tertiary/aromatic N) is 1. The minimum Gasteiger partial charge on any atom is -0.504 e. The average molecular weight is 404 g/mol. The first-order chi connectivity index (χ1) is 12.0. The number of fused-ring (bicyclic) bond motifs is 1. The number of aromatic amines is 1. The number of aromatic nitrogens is 2. The third kappa shape index (κ3) is 3.63. The first-order valence-electron chi connectivity index (χ1n) is 7.31. The molecule has 0 radical (unpaired) electrons. The van der Waals surface area contributed by atoms with Crippen molar-refractivity contribution in [3.63, 3.8) is 0 Å². The van der Waals surface area contributed by atoms with E-state index in [1.54, 1.807) is 30.3 Å². The van der Waals surface area contributed by atoms with Crippen LogP contribution in [0.1, 0.15) is 16.2 Å². The lowest BCUT2D eigenvalue weighted by atomic mass is 10.2. The molecule has 1 aromatic heterocycles. The zero-order valence-electron chi connectivity index (χ0n) is 13.2. The van der Waals surface area contributed by atoms with Gasteiger partial charge in [-0.2, -0.15) is 0 Å². The molecule has 8 heteroatoms. The molecule has 2 aromatic carbocycles. The summed E-state index contributed by atoms with van der Waals surface area (Å²) >= 11 is 3.29. The van der Waals surface area contributed by atoms with Crippen LogP contribution in [0.2, 0.25) is 0 Å². The van der Waals surface area contributed by atoms with Crippen LogP contribution in [0.5, 0.6) is 11.5 Å². The smallest absolute Gasteiger partial charge is 0.287 e. The third-order valence-electron chi connectivity index (χ3n) is 3.58. The summed E-state index contributed by atoms with van der Waals surface area (Å²) in [5.74, 6) is -0.256. The van der Waals surface area contributed by atoms with Gasteiger partial charge in [-0.05, 0) is 35.9 Å². The maximum absolute atomic E-state index is 12.2. The van der Waals surface area contributed by atoms with E-state index >= 15 is 0 Å². The van der Waals surface area contributed by atoms with Crippen molar-refractivity contribution >= 4 is 32.7 Å². The lowest BCUT2D eigenvalue weighted by Gasteiger charge is -2.08. The Balaban J connectivity index is 1.79. The first kappa shape index (κ1) is 17.0. The van der Waals surface area contributed by atoms with Gasteiger partial charge in [0.1, 0.15) is 0 Å². The number of amides is 1. The highest BCUT2D eigenvalue weighted by Gasteiger charge is 2.12. The van der Waals surface area contributed by atoms with E-state index in [0.717, 1.165) is 4.47 Å². The average Bonchev–Trinajstić information content (AvgIpc) is 2.60. The quantitative estimate of drug-likeness (QED) is 0.619. The Bertz CT molecular complexity index is 1020. The minimum absolute atomic E-state index is 0.0166. The lowest BCUT2D eigenvalue weighted by Crippen LogP contribution is -2.27. The molecule has 0 aliphatic heterocycles. The van der Waals surface area contributed by atoms with E-state index in [2.05, 4.69) is 31.2 Å². The van der Waals surface area contributed by atoms with Gasteiger partial charge in [-0.1, -0.05) is 22.0 Å². The van der Waals surface area contributed by atoms with E-state index in [0.29, 0.717) is 22.2 Å². The molecule has 0 saturated heterocycles. The number of benzene rings is 2. The van der Waals surface area contributed by atoms with E-state index in [4.69, 9.17) is 4.74 Å². The van der Waals surface area contributed by atoms with Crippen molar-refractivity contribution in [2.45, 2.75) is 6.54 Å². The van der Waals surface area contributed by atoms with Gasteiger partial charge in [0.15, 0.2) is 17.3 Å².